The van der Waals surface area contributed by atoms with E-state index in [0.29, 0.717) is 26.3 Å². The normalized spacial score (nSPS) is 11.5. The summed E-state index contributed by atoms with van der Waals surface area (Å²) < 4.78 is 27.5. The van der Waals surface area contributed by atoms with Crippen LogP contribution in [0.5, 0.6) is 0 Å². The van der Waals surface area contributed by atoms with Crippen molar-refractivity contribution < 1.29 is 13.2 Å². The van der Waals surface area contributed by atoms with Gasteiger partial charge in [-0.05, 0) is 66.2 Å². The second-order valence-corrected chi connectivity index (χ2v) is 9.66. The Hall–Kier alpha value is -2.09. The Morgan fingerprint density at radius 2 is 1.23 bits per heavy atom. The molecule has 0 bridgehead atoms. The molecule has 0 aliphatic heterocycles. The molecule has 0 unspecified atom stereocenters. The molecule has 3 aromatic rings. The summed E-state index contributed by atoms with van der Waals surface area (Å²) in [6, 6.07) is 19.1. The Bertz CT molecular complexity index is 1120. The van der Waals surface area contributed by atoms with Crippen LogP contribution in [0.1, 0.15) is 5.56 Å². The molecule has 0 radical (unpaired) electrons. The van der Waals surface area contributed by atoms with Crippen LogP contribution in [0.15, 0.2) is 77.7 Å². The SMILES string of the molecule is O=C(CN(Cc1ccc(Cl)cc1)S(=O)(=O)c1ccc(Cl)cc1)Nc1ccc(Cl)cc1. The summed E-state index contributed by atoms with van der Waals surface area (Å²) in [5.74, 6) is -0.483. The van der Waals surface area contributed by atoms with Crippen molar-refractivity contribution in [2.45, 2.75) is 11.4 Å². The van der Waals surface area contributed by atoms with Crippen LogP contribution < -0.4 is 5.32 Å². The fraction of sp³-hybridized carbons (Fsp3) is 0.0952. The number of hydrogen-bond donors (Lipinski definition) is 1. The molecule has 0 heterocycles. The van der Waals surface area contributed by atoms with Crippen molar-refractivity contribution in [3.8, 4) is 0 Å². The quantitative estimate of drug-likeness (QED) is 0.484. The second kappa shape index (κ2) is 9.81. The first-order valence-electron chi connectivity index (χ1n) is 8.79. The Morgan fingerprint density at radius 3 is 1.77 bits per heavy atom. The molecule has 0 aromatic heterocycles. The first-order valence-corrected chi connectivity index (χ1v) is 11.4. The average molecular weight is 484 g/mol. The van der Waals surface area contributed by atoms with Crippen LogP contribution >= 0.6 is 34.8 Å². The number of amides is 1. The zero-order chi connectivity index (χ0) is 21.7. The molecule has 3 aromatic carbocycles. The van der Waals surface area contributed by atoms with Gasteiger partial charge >= 0.3 is 0 Å². The molecule has 0 fully saturated rings. The summed E-state index contributed by atoms with van der Waals surface area (Å²) in [6.07, 6.45) is 0. The number of nitrogens with zero attached hydrogens (tertiary/aromatic N) is 1. The first kappa shape index (κ1) is 22.6. The third-order valence-electron chi connectivity index (χ3n) is 4.17. The highest BCUT2D eigenvalue weighted by Crippen LogP contribution is 2.22. The maximum Gasteiger partial charge on any atom is 0.243 e. The fourth-order valence-electron chi connectivity index (χ4n) is 2.67. The van der Waals surface area contributed by atoms with E-state index in [1.807, 2.05) is 0 Å². The summed E-state index contributed by atoms with van der Waals surface area (Å²) in [6.45, 7) is -0.383. The summed E-state index contributed by atoms with van der Waals surface area (Å²) >= 11 is 17.6. The van der Waals surface area contributed by atoms with E-state index in [2.05, 4.69) is 5.32 Å². The molecule has 0 aliphatic rings. The highest BCUT2D eigenvalue weighted by molar-refractivity contribution is 7.89. The smallest absolute Gasteiger partial charge is 0.243 e. The third-order valence-corrected chi connectivity index (χ3v) is 6.73. The molecule has 156 valence electrons. The molecular formula is C21H17Cl3N2O3S. The van der Waals surface area contributed by atoms with E-state index in [0.717, 1.165) is 4.31 Å². The Morgan fingerprint density at radius 1 is 0.767 bits per heavy atom. The number of sulfonamides is 1. The minimum atomic E-state index is -3.96. The number of benzene rings is 3. The minimum absolute atomic E-state index is 0.00380. The van der Waals surface area contributed by atoms with Crippen LogP contribution in [0.2, 0.25) is 15.1 Å². The van der Waals surface area contributed by atoms with E-state index in [1.165, 1.54) is 24.3 Å². The molecule has 0 spiro atoms. The van der Waals surface area contributed by atoms with Gasteiger partial charge in [0.2, 0.25) is 15.9 Å². The second-order valence-electron chi connectivity index (χ2n) is 6.41. The van der Waals surface area contributed by atoms with Crippen molar-refractivity contribution in [1.29, 1.82) is 0 Å². The first-order chi connectivity index (χ1) is 14.2. The number of halogens is 3. The molecule has 9 heteroatoms. The zero-order valence-corrected chi connectivity index (χ0v) is 18.6. The lowest BCUT2D eigenvalue weighted by molar-refractivity contribution is -0.116. The number of rotatable bonds is 7. The van der Waals surface area contributed by atoms with Crippen molar-refractivity contribution in [2.75, 3.05) is 11.9 Å². The number of hydrogen-bond acceptors (Lipinski definition) is 3. The lowest BCUT2D eigenvalue weighted by atomic mass is 10.2. The highest BCUT2D eigenvalue weighted by atomic mass is 35.5. The predicted octanol–water partition coefficient (Wildman–Crippen LogP) is 5.48. The maximum absolute atomic E-state index is 13.2. The standard InChI is InChI=1S/C21H17Cl3N2O3S/c22-16-3-1-15(2-4-16)13-26(30(28,29)20-11-7-18(24)8-12-20)14-21(27)25-19-9-5-17(23)6-10-19/h1-12H,13-14H2,(H,25,27). The molecule has 0 atom stereocenters. The van der Waals surface area contributed by atoms with E-state index < -0.39 is 15.9 Å². The van der Waals surface area contributed by atoms with Gasteiger partial charge in [0.15, 0.2) is 0 Å². The largest absolute Gasteiger partial charge is 0.325 e. The third kappa shape index (κ3) is 5.97. The van der Waals surface area contributed by atoms with Gasteiger partial charge in [0, 0.05) is 27.3 Å². The highest BCUT2D eigenvalue weighted by Gasteiger charge is 2.27. The van der Waals surface area contributed by atoms with Gasteiger partial charge in [-0.3, -0.25) is 4.79 Å². The van der Waals surface area contributed by atoms with Crippen LogP contribution in [-0.4, -0.2) is 25.2 Å². The molecule has 0 saturated carbocycles. The van der Waals surface area contributed by atoms with Crippen LogP contribution in [0, 0.1) is 0 Å². The van der Waals surface area contributed by atoms with Gasteiger partial charge in [-0.15, -0.1) is 0 Å². The minimum Gasteiger partial charge on any atom is -0.325 e. The fourth-order valence-corrected chi connectivity index (χ4v) is 4.43. The van der Waals surface area contributed by atoms with E-state index in [-0.39, 0.29) is 18.0 Å². The average Bonchev–Trinajstić information content (AvgIpc) is 2.71. The number of nitrogens with one attached hydrogen (secondary N) is 1. The van der Waals surface area contributed by atoms with Gasteiger partial charge < -0.3 is 5.32 Å². The summed E-state index contributed by atoms with van der Waals surface area (Å²) in [4.78, 5) is 12.6. The molecule has 1 N–H and O–H groups in total. The van der Waals surface area contributed by atoms with Crippen LogP contribution in [-0.2, 0) is 21.4 Å². The molecular weight excluding hydrogens is 467 g/mol. The van der Waals surface area contributed by atoms with E-state index in [4.69, 9.17) is 34.8 Å². The lowest BCUT2D eigenvalue weighted by Gasteiger charge is -2.22. The molecule has 1 amide bonds. The van der Waals surface area contributed by atoms with Crippen molar-refractivity contribution in [1.82, 2.24) is 4.31 Å². The topological polar surface area (TPSA) is 66.5 Å². The Labute approximate surface area is 190 Å². The summed E-state index contributed by atoms with van der Waals surface area (Å²) in [5.41, 5.74) is 1.20. The van der Waals surface area contributed by atoms with Crippen LogP contribution in [0.4, 0.5) is 5.69 Å². The van der Waals surface area contributed by atoms with E-state index >= 15 is 0 Å². The van der Waals surface area contributed by atoms with Gasteiger partial charge in [0.1, 0.15) is 0 Å². The summed E-state index contributed by atoms with van der Waals surface area (Å²) in [5, 5.41) is 4.16. The van der Waals surface area contributed by atoms with Gasteiger partial charge in [-0.25, -0.2) is 8.42 Å². The Balaban J connectivity index is 1.86. The molecule has 0 saturated heterocycles. The van der Waals surface area contributed by atoms with Crippen molar-refractivity contribution in [2.24, 2.45) is 0 Å². The van der Waals surface area contributed by atoms with Crippen molar-refractivity contribution in [3.05, 3.63) is 93.4 Å². The van der Waals surface area contributed by atoms with Gasteiger partial charge in [-0.1, -0.05) is 46.9 Å². The Kier molecular flexibility index (Phi) is 7.39. The number of carbonyl (C=O) groups excluding carboxylic acids is 1. The number of anilines is 1. The maximum atomic E-state index is 13.2. The molecule has 0 aliphatic carbocycles. The van der Waals surface area contributed by atoms with Gasteiger partial charge in [-0.2, -0.15) is 4.31 Å². The van der Waals surface area contributed by atoms with Crippen LogP contribution in [0.3, 0.4) is 0 Å². The van der Waals surface area contributed by atoms with Crippen molar-refractivity contribution >= 4 is 56.4 Å². The van der Waals surface area contributed by atoms with E-state index in [1.54, 1.807) is 48.5 Å². The number of carbonyl (C=O) groups is 1. The lowest BCUT2D eigenvalue weighted by Crippen LogP contribution is -2.37. The van der Waals surface area contributed by atoms with Gasteiger partial charge in [0.05, 0.1) is 11.4 Å². The summed E-state index contributed by atoms with van der Waals surface area (Å²) in [7, 11) is -3.96. The van der Waals surface area contributed by atoms with E-state index in [9.17, 15) is 13.2 Å². The monoisotopic (exact) mass is 482 g/mol. The van der Waals surface area contributed by atoms with Crippen molar-refractivity contribution in [3.63, 3.8) is 0 Å². The van der Waals surface area contributed by atoms with Gasteiger partial charge in [0.25, 0.3) is 0 Å². The predicted molar refractivity (Wildman–Crippen MR) is 121 cm³/mol. The van der Waals surface area contributed by atoms with Crippen LogP contribution in [0.25, 0.3) is 0 Å². The molecule has 30 heavy (non-hydrogen) atoms. The molecule has 3 rings (SSSR count). The molecule has 5 nitrogen and oxygen atoms in total. The zero-order valence-electron chi connectivity index (χ0n) is 15.6.